The maximum absolute atomic E-state index is 12.5. The topological polar surface area (TPSA) is 62.5 Å². The molecule has 0 aliphatic rings. The average Bonchev–Trinajstić information content (AvgIpc) is 3.05. The highest BCUT2D eigenvalue weighted by Crippen LogP contribution is 2.40. The van der Waals surface area contributed by atoms with Crippen molar-refractivity contribution in [3.8, 4) is 5.75 Å². The Morgan fingerprint density at radius 1 is 1.33 bits per heavy atom. The number of phenolic OH excluding ortho intramolecular Hbond substituents is 1. The van der Waals surface area contributed by atoms with Crippen molar-refractivity contribution in [3.05, 3.63) is 45.4 Å². The lowest BCUT2D eigenvalue weighted by Crippen LogP contribution is -2.04. The molecule has 144 valence electrons. The number of rotatable bonds is 5. The lowest BCUT2D eigenvalue weighted by Gasteiger charge is -2.08. The second kappa shape index (κ2) is 7.29. The molecule has 0 aliphatic heterocycles. The summed E-state index contributed by atoms with van der Waals surface area (Å²) in [6.45, 7) is 2.00. The van der Waals surface area contributed by atoms with Crippen LogP contribution in [0, 0.1) is 6.92 Å². The van der Waals surface area contributed by atoms with E-state index >= 15 is 0 Å². The smallest absolute Gasteiger partial charge is 0.447 e. The summed E-state index contributed by atoms with van der Waals surface area (Å²) in [6, 6.07) is 4.41. The number of fused-ring (bicyclic) bond motifs is 1. The van der Waals surface area contributed by atoms with Crippen LogP contribution in [0.5, 0.6) is 5.75 Å². The molecule has 27 heavy (non-hydrogen) atoms. The van der Waals surface area contributed by atoms with Crippen LogP contribution in [0.3, 0.4) is 0 Å². The van der Waals surface area contributed by atoms with Crippen LogP contribution in [0.25, 0.3) is 10.9 Å². The predicted molar refractivity (Wildman–Crippen MR) is 100 cm³/mol. The first-order chi connectivity index (χ1) is 12.5. The molecule has 0 saturated carbocycles. The number of carboxylic acid groups (broad SMARTS) is 1. The van der Waals surface area contributed by atoms with Gasteiger partial charge in [-0.25, -0.2) is 0 Å². The summed E-state index contributed by atoms with van der Waals surface area (Å²) < 4.78 is 39.5. The van der Waals surface area contributed by atoms with Gasteiger partial charge in [0.25, 0.3) is 0 Å². The first-order valence-electron chi connectivity index (χ1n) is 7.60. The third kappa shape index (κ3) is 4.36. The zero-order valence-electron chi connectivity index (χ0n) is 13.8. The molecule has 3 aromatic rings. The van der Waals surface area contributed by atoms with Gasteiger partial charge in [-0.3, -0.25) is 4.79 Å². The van der Waals surface area contributed by atoms with Crippen molar-refractivity contribution in [3.63, 3.8) is 0 Å². The van der Waals surface area contributed by atoms with E-state index in [0.717, 1.165) is 11.3 Å². The maximum Gasteiger partial charge on any atom is 0.447 e. The number of carbonyl (C=O) groups is 1. The van der Waals surface area contributed by atoms with Crippen molar-refractivity contribution in [2.24, 2.45) is 0 Å². The minimum atomic E-state index is -4.35. The average molecular weight is 436 g/mol. The van der Waals surface area contributed by atoms with Gasteiger partial charge in [0.1, 0.15) is 5.75 Å². The SMILES string of the molecule is Cc1c(CC(=O)O)c2cc(O)c(Cl)cc2n1Cc1csc(SC(F)(F)F)c1. The highest BCUT2D eigenvalue weighted by Gasteiger charge is 2.30. The summed E-state index contributed by atoms with van der Waals surface area (Å²) in [5.41, 5.74) is -1.88. The van der Waals surface area contributed by atoms with E-state index in [1.54, 1.807) is 16.9 Å². The highest BCUT2D eigenvalue weighted by atomic mass is 35.5. The van der Waals surface area contributed by atoms with Gasteiger partial charge in [-0.05, 0) is 53.4 Å². The molecule has 0 radical (unpaired) electrons. The molecule has 0 atom stereocenters. The summed E-state index contributed by atoms with van der Waals surface area (Å²) in [4.78, 5) is 11.2. The summed E-state index contributed by atoms with van der Waals surface area (Å²) in [6.07, 6.45) is -0.241. The van der Waals surface area contributed by atoms with Gasteiger partial charge in [-0.2, -0.15) is 13.2 Å². The van der Waals surface area contributed by atoms with Crippen LogP contribution < -0.4 is 0 Å². The molecule has 0 bridgehead atoms. The van der Waals surface area contributed by atoms with Gasteiger partial charge >= 0.3 is 11.5 Å². The predicted octanol–water partition coefficient (Wildman–Crippen LogP) is 5.66. The summed E-state index contributed by atoms with van der Waals surface area (Å²) >= 11 is 6.84. The van der Waals surface area contributed by atoms with Crippen LogP contribution in [0.2, 0.25) is 5.02 Å². The maximum atomic E-state index is 12.5. The van der Waals surface area contributed by atoms with Crippen molar-refractivity contribution in [1.29, 1.82) is 0 Å². The Kier molecular flexibility index (Phi) is 5.38. The van der Waals surface area contributed by atoms with E-state index in [4.69, 9.17) is 11.6 Å². The number of hydrogen-bond donors (Lipinski definition) is 2. The third-order valence-corrected chi connectivity index (χ3v) is 6.20. The second-order valence-electron chi connectivity index (χ2n) is 5.86. The number of phenols is 1. The van der Waals surface area contributed by atoms with Crippen LogP contribution in [-0.4, -0.2) is 26.3 Å². The molecular weight excluding hydrogens is 423 g/mol. The monoisotopic (exact) mass is 435 g/mol. The zero-order chi connectivity index (χ0) is 19.9. The number of aromatic nitrogens is 1. The summed E-state index contributed by atoms with van der Waals surface area (Å²) in [5, 5.41) is 21.4. The largest absolute Gasteiger partial charge is 0.506 e. The standard InChI is InChI=1S/C17H13ClF3NO3S2/c1-8-10(4-15(24)25)11-3-14(23)12(18)5-13(11)22(8)6-9-2-16(26-7-9)27-17(19,20)21/h2-3,5,7,23H,4,6H2,1H3,(H,24,25). The number of thioether (sulfide) groups is 1. The molecule has 0 spiro atoms. The number of alkyl halides is 3. The first-order valence-corrected chi connectivity index (χ1v) is 9.67. The lowest BCUT2D eigenvalue weighted by atomic mass is 10.1. The van der Waals surface area contributed by atoms with Crippen molar-refractivity contribution in [2.75, 3.05) is 0 Å². The van der Waals surface area contributed by atoms with Gasteiger partial charge in [0.05, 0.1) is 21.2 Å². The number of thiophene rings is 1. The Hall–Kier alpha value is -1.84. The second-order valence-corrected chi connectivity index (χ2v) is 8.55. The number of nitrogens with zero attached hydrogens (tertiary/aromatic N) is 1. The Labute approximate surface area is 165 Å². The molecule has 2 aromatic heterocycles. The fourth-order valence-corrected chi connectivity index (χ4v) is 4.77. The van der Waals surface area contributed by atoms with Gasteiger partial charge in [0, 0.05) is 17.6 Å². The van der Waals surface area contributed by atoms with E-state index in [1.807, 2.05) is 0 Å². The molecule has 0 fully saturated rings. The Morgan fingerprint density at radius 2 is 2.04 bits per heavy atom. The van der Waals surface area contributed by atoms with Gasteiger partial charge in [-0.15, -0.1) is 11.3 Å². The van der Waals surface area contributed by atoms with Crippen LogP contribution in [0.1, 0.15) is 16.8 Å². The molecule has 2 N–H and O–H groups in total. The van der Waals surface area contributed by atoms with E-state index in [0.29, 0.717) is 27.7 Å². The molecule has 3 rings (SSSR count). The van der Waals surface area contributed by atoms with Crippen LogP contribution >= 0.6 is 34.7 Å². The van der Waals surface area contributed by atoms with Gasteiger partial charge in [-0.1, -0.05) is 11.6 Å². The minimum absolute atomic E-state index is 0.113. The number of aromatic hydroxyl groups is 1. The van der Waals surface area contributed by atoms with Crippen molar-refractivity contribution in [2.45, 2.75) is 29.6 Å². The quantitative estimate of drug-likeness (QED) is 0.508. The molecule has 10 heteroatoms. The van der Waals surface area contributed by atoms with Gasteiger partial charge < -0.3 is 14.8 Å². The molecule has 4 nitrogen and oxygen atoms in total. The van der Waals surface area contributed by atoms with Gasteiger partial charge in [0.2, 0.25) is 0 Å². The fourth-order valence-electron chi connectivity index (χ4n) is 2.92. The Balaban J connectivity index is 2.05. The number of benzene rings is 1. The van der Waals surface area contributed by atoms with Crippen LogP contribution in [-0.2, 0) is 17.8 Å². The summed E-state index contributed by atoms with van der Waals surface area (Å²) in [5.74, 6) is -1.18. The van der Waals surface area contributed by atoms with Gasteiger partial charge in [0.15, 0.2) is 0 Å². The molecular formula is C17H13ClF3NO3S2. The fraction of sp³-hybridized carbons (Fsp3) is 0.235. The van der Waals surface area contributed by atoms with E-state index in [1.165, 1.54) is 18.2 Å². The van der Waals surface area contributed by atoms with E-state index < -0.39 is 11.5 Å². The van der Waals surface area contributed by atoms with E-state index in [-0.39, 0.29) is 39.7 Å². The molecule has 0 amide bonds. The molecule has 0 unspecified atom stereocenters. The number of aliphatic carboxylic acids is 1. The minimum Gasteiger partial charge on any atom is -0.506 e. The van der Waals surface area contributed by atoms with E-state index in [9.17, 15) is 28.2 Å². The normalized spacial score (nSPS) is 12.0. The van der Waals surface area contributed by atoms with Crippen molar-refractivity contribution >= 4 is 51.6 Å². The van der Waals surface area contributed by atoms with E-state index in [2.05, 4.69) is 0 Å². The highest BCUT2D eigenvalue weighted by molar-refractivity contribution is 8.01. The van der Waals surface area contributed by atoms with Crippen molar-refractivity contribution in [1.82, 2.24) is 4.57 Å². The lowest BCUT2D eigenvalue weighted by molar-refractivity contribution is -0.136. The summed E-state index contributed by atoms with van der Waals surface area (Å²) in [7, 11) is 0. The Morgan fingerprint density at radius 3 is 2.67 bits per heavy atom. The molecule has 0 saturated heterocycles. The molecule has 2 heterocycles. The molecule has 1 aromatic carbocycles. The zero-order valence-corrected chi connectivity index (χ0v) is 16.2. The van der Waals surface area contributed by atoms with Crippen LogP contribution in [0.4, 0.5) is 13.2 Å². The van der Waals surface area contributed by atoms with Crippen molar-refractivity contribution < 1.29 is 28.2 Å². The third-order valence-electron chi connectivity index (χ3n) is 4.04. The molecule has 0 aliphatic carbocycles. The number of carboxylic acids is 1. The first kappa shape index (κ1) is 19.9. The van der Waals surface area contributed by atoms with Crippen LogP contribution in [0.15, 0.2) is 27.8 Å². The number of halogens is 4. The number of hydrogen-bond acceptors (Lipinski definition) is 4. The Bertz CT molecular complexity index is 1030.